The molecule has 21 heavy (non-hydrogen) atoms. The molecule has 4 rings (SSSR count). The predicted molar refractivity (Wildman–Crippen MR) is 83.3 cm³/mol. The van der Waals surface area contributed by atoms with E-state index < -0.39 is 6.10 Å². The molecule has 3 aromatic carbocycles. The quantitative estimate of drug-likeness (QED) is 0.714. The molecule has 0 saturated heterocycles. The lowest BCUT2D eigenvalue weighted by Gasteiger charge is -2.31. The summed E-state index contributed by atoms with van der Waals surface area (Å²) in [5.74, 6) is 0.820. The van der Waals surface area contributed by atoms with Crippen molar-refractivity contribution in [3.8, 4) is 5.75 Å². The third-order valence-corrected chi connectivity index (χ3v) is 4.14. The maximum absolute atomic E-state index is 10.5. The van der Waals surface area contributed by atoms with Crippen molar-refractivity contribution in [2.45, 2.75) is 18.6 Å². The summed E-state index contributed by atoms with van der Waals surface area (Å²) < 4.78 is 6.24. The number of rotatable bonds is 1. The minimum atomic E-state index is -0.483. The molecule has 1 aliphatic rings. The molecule has 0 spiro atoms. The normalized spacial score (nSPS) is 20.8. The first-order chi connectivity index (χ1) is 10.3. The maximum atomic E-state index is 10.5. The SMILES string of the molecule is O[C@H]1C[C@@H](c2ccccc2)Oc2c1ccc1ccccc21. The third kappa shape index (κ3) is 2.08. The second-order valence-electron chi connectivity index (χ2n) is 5.47. The van der Waals surface area contributed by atoms with Gasteiger partial charge in [-0.05, 0) is 10.9 Å². The van der Waals surface area contributed by atoms with Crippen molar-refractivity contribution in [2.75, 3.05) is 0 Å². The van der Waals surface area contributed by atoms with E-state index in [9.17, 15) is 5.11 Å². The molecule has 104 valence electrons. The number of ether oxygens (including phenoxy) is 1. The molecule has 0 fully saturated rings. The van der Waals surface area contributed by atoms with Crippen molar-refractivity contribution in [2.24, 2.45) is 0 Å². The summed E-state index contributed by atoms with van der Waals surface area (Å²) in [5.41, 5.74) is 2.00. The van der Waals surface area contributed by atoms with Crippen molar-refractivity contribution in [3.63, 3.8) is 0 Å². The molecule has 0 aromatic heterocycles. The Kier molecular flexibility index (Phi) is 2.90. The first kappa shape index (κ1) is 12.4. The molecule has 2 atom stereocenters. The summed E-state index contributed by atoms with van der Waals surface area (Å²) in [4.78, 5) is 0. The standard InChI is InChI=1S/C19H16O2/c20-17-12-18(14-7-2-1-3-8-14)21-19-15-9-5-4-6-13(15)10-11-16(17)19/h1-11,17-18,20H,12H2/t17-,18-/m0/s1. The number of hydrogen-bond acceptors (Lipinski definition) is 2. The summed E-state index contributed by atoms with van der Waals surface area (Å²) >= 11 is 0. The van der Waals surface area contributed by atoms with Crippen molar-refractivity contribution >= 4 is 10.8 Å². The van der Waals surface area contributed by atoms with Crippen LogP contribution in [0.25, 0.3) is 10.8 Å². The molecule has 3 aromatic rings. The molecule has 0 saturated carbocycles. The van der Waals surface area contributed by atoms with E-state index in [0.29, 0.717) is 6.42 Å². The van der Waals surface area contributed by atoms with Gasteiger partial charge in [0.1, 0.15) is 11.9 Å². The predicted octanol–water partition coefficient (Wildman–Crippen LogP) is 4.40. The number of aliphatic hydroxyl groups excluding tert-OH is 1. The Morgan fingerprint density at radius 2 is 1.62 bits per heavy atom. The molecule has 0 amide bonds. The molecular weight excluding hydrogens is 260 g/mol. The van der Waals surface area contributed by atoms with Crippen LogP contribution in [0.4, 0.5) is 0 Å². The average molecular weight is 276 g/mol. The molecule has 1 aliphatic heterocycles. The van der Waals surface area contributed by atoms with Gasteiger partial charge in [0.15, 0.2) is 0 Å². The van der Waals surface area contributed by atoms with Gasteiger partial charge in [0.05, 0.1) is 6.10 Å². The first-order valence-corrected chi connectivity index (χ1v) is 7.24. The van der Waals surface area contributed by atoms with Gasteiger partial charge >= 0.3 is 0 Å². The Balaban J connectivity index is 1.84. The minimum Gasteiger partial charge on any atom is -0.485 e. The summed E-state index contributed by atoms with van der Waals surface area (Å²) in [5, 5.41) is 12.7. The largest absolute Gasteiger partial charge is 0.485 e. The highest BCUT2D eigenvalue weighted by Crippen LogP contribution is 2.44. The van der Waals surface area contributed by atoms with Crippen LogP contribution in [0, 0.1) is 0 Å². The third-order valence-electron chi connectivity index (χ3n) is 4.14. The molecule has 1 N–H and O–H groups in total. The second kappa shape index (κ2) is 4.90. The van der Waals surface area contributed by atoms with E-state index in [1.807, 2.05) is 60.7 Å². The van der Waals surface area contributed by atoms with E-state index in [4.69, 9.17) is 4.74 Å². The van der Waals surface area contributed by atoms with Crippen molar-refractivity contribution in [1.29, 1.82) is 0 Å². The van der Waals surface area contributed by atoms with Crippen LogP contribution in [-0.4, -0.2) is 5.11 Å². The Morgan fingerprint density at radius 3 is 2.48 bits per heavy atom. The van der Waals surface area contributed by atoms with Gasteiger partial charge in [0.25, 0.3) is 0 Å². The van der Waals surface area contributed by atoms with Crippen LogP contribution in [0.2, 0.25) is 0 Å². The summed E-state index contributed by atoms with van der Waals surface area (Å²) in [6, 6.07) is 22.3. The molecule has 0 radical (unpaired) electrons. The lowest BCUT2D eigenvalue weighted by Crippen LogP contribution is -2.19. The van der Waals surface area contributed by atoms with Gasteiger partial charge in [-0.25, -0.2) is 0 Å². The lowest BCUT2D eigenvalue weighted by molar-refractivity contribution is 0.0672. The number of hydrogen-bond donors (Lipinski definition) is 1. The van der Waals surface area contributed by atoms with E-state index in [0.717, 1.165) is 27.6 Å². The van der Waals surface area contributed by atoms with Crippen molar-refractivity contribution in [3.05, 3.63) is 77.9 Å². The molecule has 1 heterocycles. The number of fused-ring (bicyclic) bond motifs is 3. The smallest absolute Gasteiger partial charge is 0.133 e. The highest BCUT2D eigenvalue weighted by Gasteiger charge is 2.29. The fourth-order valence-electron chi connectivity index (χ4n) is 3.05. The van der Waals surface area contributed by atoms with Crippen LogP contribution in [0.5, 0.6) is 5.75 Å². The Hall–Kier alpha value is -2.32. The highest BCUT2D eigenvalue weighted by molar-refractivity contribution is 5.90. The Labute approximate surface area is 123 Å². The van der Waals surface area contributed by atoms with Crippen LogP contribution in [0.15, 0.2) is 66.7 Å². The van der Waals surface area contributed by atoms with Gasteiger partial charge in [0, 0.05) is 17.4 Å². The fourth-order valence-corrected chi connectivity index (χ4v) is 3.05. The molecule has 0 unspecified atom stereocenters. The zero-order chi connectivity index (χ0) is 14.2. The van der Waals surface area contributed by atoms with Gasteiger partial charge in [0.2, 0.25) is 0 Å². The molecule has 2 nitrogen and oxygen atoms in total. The Bertz CT molecular complexity index is 780. The molecule has 0 aliphatic carbocycles. The van der Waals surface area contributed by atoms with Crippen molar-refractivity contribution in [1.82, 2.24) is 0 Å². The van der Waals surface area contributed by atoms with Gasteiger partial charge < -0.3 is 9.84 Å². The summed E-state index contributed by atoms with van der Waals surface area (Å²) in [6.07, 6.45) is 0.0121. The average Bonchev–Trinajstić information content (AvgIpc) is 2.55. The topological polar surface area (TPSA) is 29.5 Å². The van der Waals surface area contributed by atoms with Gasteiger partial charge in [-0.15, -0.1) is 0 Å². The van der Waals surface area contributed by atoms with Crippen LogP contribution in [0.3, 0.4) is 0 Å². The van der Waals surface area contributed by atoms with Crippen LogP contribution >= 0.6 is 0 Å². The van der Waals surface area contributed by atoms with Crippen molar-refractivity contribution < 1.29 is 9.84 Å². The van der Waals surface area contributed by atoms with Crippen LogP contribution < -0.4 is 4.74 Å². The van der Waals surface area contributed by atoms with Gasteiger partial charge in [-0.1, -0.05) is 66.7 Å². The van der Waals surface area contributed by atoms with E-state index in [-0.39, 0.29) is 6.10 Å². The summed E-state index contributed by atoms with van der Waals surface area (Å²) in [6.45, 7) is 0. The molecule has 2 heteroatoms. The van der Waals surface area contributed by atoms with Crippen LogP contribution in [0.1, 0.15) is 29.8 Å². The minimum absolute atomic E-state index is 0.0977. The van der Waals surface area contributed by atoms with E-state index in [2.05, 4.69) is 6.07 Å². The molecular formula is C19H16O2. The van der Waals surface area contributed by atoms with Gasteiger partial charge in [-0.3, -0.25) is 0 Å². The number of aliphatic hydroxyl groups is 1. The molecule has 0 bridgehead atoms. The Morgan fingerprint density at radius 1 is 0.857 bits per heavy atom. The highest BCUT2D eigenvalue weighted by atomic mass is 16.5. The zero-order valence-electron chi connectivity index (χ0n) is 11.6. The monoisotopic (exact) mass is 276 g/mol. The fraction of sp³-hybridized carbons (Fsp3) is 0.158. The maximum Gasteiger partial charge on any atom is 0.133 e. The zero-order valence-corrected chi connectivity index (χ0v) is 11.6. The first-order valence-electron chi connectivity index (χ1n) is 7.24. The second-order valence-corrected chi connectivity index (χ2v) is 5.47. The lowest BCUT2D eigenvalue weighted by atomic mass is 9.93. The van der Waals surface area contributed by atoms with E-state index in [1.54, 1.807) is 0 Å². The van der Waals surface area contributed by atoms with E-state index in [1.165, 1.54) is 0 Å². The van der Waals surface area contributed by atoms with E-state index >= 15 is 0 Å². The van der Waals surface area contributed by atoms with Gasteiger partial charge in [-0.2, -0.15) is 0 Å². The number of benzene rings is 3. The van der Waals surface area contributed by atoms with Crippen LogP contribution in [-0.2, 0) is 0 Å². The summed E-state index contributed by atoms with van der Waals surface area (Å²) in [7, 11) is 0.